The first-order valence-corrected chi connectivity index (χ1v) is 10.2. The highest BCUT2D eigenvalue weighted by molar-refractivity contribution is 5.87. The molecule has 1 aliphatic heterocycles. The maximum absolute atomic E-state index is 13.6. The van der Waals surface area contributed by atoms with Crippen LogP contribution in [0.5, 0.6) is 0 Å². The maximum atomic E-state index is 13.6. The number of rotatable bonds is 2. The van der Waals surface area contributed by atoms with E-state index in [2.05, 4.69) is 0 Å². The number of alkyl halides is 3. The number of ether oxygens (including phenoxy) is 1. The number of amides is 2. The quantitative estimate of drug-likeness (QED) is 0.680. The summed E-state index contributed by atoms with van der Waals surface area (Å²) in [5.74, 6) is -0.886. The molecule has 2 fully saturated rings. The fourth-order valence-corrected chi connectivity index (χ4v) is 3.87. The molecule has 8 heteroatoms. The maximum Gasteiger partial charge on any atom is 0.410 e. The highest BCUT2D eigenvalue weighted by Gasteiger charge is 2.70. The van der Waals surface area contributed by atoms with E-state index in [1.54, 1.807) is 27.7 Å². The van der Waals surface area contributed by atoms with Gasteiger partial charge in [0.05, 0.1) is 6.04 Å². The van der Waals surface area contributed by atoms with Crippen LogP contribution in [0.15, 0.2) is 24.3 Å². The zero-order valence-electron chi connectivity index (χ0n) is 18.0. The summed E-state index contributed by atoms with van der Waals surface area (Å²) in [6, 6.07) is 6.31. The van der Waals surface area contributed by atoms with Crippen molar-refractivity contribution in [3.05, 3.63) is 35.4 Å². The molecule has 1 aliphatic carbocycles. The number of carbonyl (C=O) groups excluding carboxylic acids is 2. The second-order valence-electron chi connectivity index (χ2n) is 9.45. The molecule has 1 aromatic rings. The van der Waals surface area contributed by atoms with Crippen LogP contribution in [-0.4, -0.2) is 52.7 Å². The van der Waals surface area contributed by atoms with Gasteiger partial charge in [0.15, 0.2) is 0 Å². The Balaban J connectivity index is 1.92. The summed E-state index contributed by atoms with van der Waals surface area (Å²) in [5.41, 5.74) is -1.20. The van der Waals surface area contributed by atoms with Crippen LogP contribution in [0.25, 0.3) is 0 Å². The zero-order chi connectivity index (χ0) is 22.5. The van der Waals surface area contributed by atoms with Crippen molar-refractivity contribution in [2.45, 2.75) is 71.3 Å². The molecule has 1 aromatic carbocycles. The van der Waals surface area contributed by atoms with Crippen molar-refractivity contribution in [3.63, 3.8) is 0 Å². The number of hydrogen-bond donors (Lipinski definition) is 0. The first-order valence-electron chi connectivity index (χ1n) is 10.2. The lowest BCUT2D eigenvalue weighted by atomic mass is 9.96. The lowest BCUT2D eigenvalue weighted by molar-refractivity contribution is -0.201. The third-order valence-electron chi connectivity index (χ3n) is 5.79. The lowest BCUT2D eigenvalue weighted by Crippen LogP contribution is -2.59. The summed E-state index contributed by atoms with van der Waals surface area (Å²) in [4.78, 5) is 28.6. The molecule has 2 aliphatic rings. The zero-order valence-corrected chi connectivity index (χ0v) is 18.0. The van der Waals surface area contributed by atoms with E-state index in [1.807, 2.05) is 31.2 Å². The number of piperazine rings is 1. The van der Waals surface area contributed by atoms with Crippen molar-refractivity contribution >= 4 is 12.0 Å². The summed E-state index contributed by atoms with van der Waals surface area (Å²) >= 11 is 0. The van der Waals surface area contributed by atoms with E-state index in [9.17, 15) is 22.8 Å². The molecular weight excluding hydrogens is 397 g/mol. The first kappa shape index (κ1) is 22.4. The number of hydrogen-bond acceptors (Lipinski definition) is 3. The fourth-order valence-electron chi connectivity index (χ4n) is 3.87. The standard InChI is InChI=1S/C22H29F3N2O3/c1-14-6-8-16(9-7-14)17-13-26(18(28)21(10-11-21)22(23,24)25)15(2)12-27(17)19(29)30-20(3,4)5/h6-9,15,17H,10-13H2,1-5H3/t15-,17-/m1/s1. The highest BCUT2D eigenvalue weighted by Crippen LogP contribution is 2.59. The molecular formula is C22H29F3N2O3. The van der Waals surface area contributed by atoms with Gasteiger partial charge in [0.2, 0.25) is 5.91 Å². The first-order chi connectivity index (χ1) is 13.7. The Morgan fingerprint density at radius 1 is 1.03 bits per heavy atom. The molecule has 2 atom stereocenters. The van der Waals surface area contributed by atoms with Gasteiger partial charge >= 0.3 is 12.3 Å². The molecule has 3 rings (SSSR count). The Bertz CT molecular complexity index is 810. The number of benzene rings is 1. The van der Waals surface area contributed by atoms with Crippen LogP contribution in [-0.2, 0) is 9.53 Å². The van der Waals surface area contributed by atoms with Gasteiger partial charge in [0.25, 0.3) is 0 Å². The van der Waals surface area contributed by atoms with Gasteiger partial charge in [0.1, 0.15) is 11.0 Å². The van der Waals surface area contributed by atoms with Crippen LogP contribution in [0.1, 0.15) is 57.7 Å². The Hall–Kier alpha value is -2.25. The molecule has 30 heavy (non-hydrogen) atoms. The average Bonchev–Trinajstić information content (AvgIpc) is 3.42. The number of aryl methyl sites for hydroxylation is 1. The topological polar surface area (TPSA) is 49.9 Å². The minimum absolute atomic E-state index is 0.000133. The molecule has 5 nitrogen and oxygen atoms in total. The molecule has 1 saturated carbocycles. The molecule has 2 amide bonds. The third kappa shape index (κ3) is 4.27. The van der Waals surface area contributed by atoms with Crippen molar-refractivity contribution in [2.75, 3.05) is 13.1 Å². The van der Waals surface area contributed by atoms with E-state index in [4.69, 9.17) is 4.74 Å². The number of carbonyl (C=O) groups is 2. The molecule has 0 radical (unpaired) electrons. The lowest BCUT2D eigenvalue weighted by Gasteiger charge is -2.46. The van der Waals surface area contributed by atoms with Crippen LogP contribution in [0.4, 0.5) is 18.0 Å². The fraction of sp³-hybridized carbons (Fsp3) is 0.636. The minimum Gasteiger partial charge on any atom is -0.444 e. The predicted molar refractivity (Wildman–Crippen MR) is 106 cm³/mol. The van der Waals surface area contributed by atoms with Gasteiger partial charge < -0.3 is 9.64 Å². The van der Waals surface area contributed by atoms with E-state index in [0.29, 0.717) is 0 Å². The molecule has 1 saturated heterocycles. The molecule has 166 valence electrons. The summed E-state index contributed by atoms with van der Waals surface area (Å²) < 4.78 is 46.2. The van der Waals surface area contributed by atoms with E-state index in [-0.39, 0.29) is 25.9 Å². The van der Waals surface area contributed by atoms with Crippen molar-refractivity contribution < 1.29 is 27.5 Å². The Kier molecular flexibility index (Phi) is 5.58. The van der Waals surface area contributed by atoms with Gasteiger partial charge in [-0.05, 0) is 53.0 Å². The van der Waals surface area contributed by atoms with Crippen LogP contribution >= 0.6 is 0 Å². The summed E-state index contributed by atoms with van der Waals surface area (Å²) in [5, 5.41) is 0. The average molecular weight is 426 g/mol. The second kappa shape index (κ2) is 7.46. The van der Waals surface area contributed by atoms with Gasteiger partial charge in [-0.2, -0.15) is 13.2 Å². The van der Waals surface area contributed by atoms with Crippen molar-refractivity contribution in [2.24, 2.45) is 5.41 Å². The largest absolute Gasteiger partial charge is 0.444 e. The molecule has 0 spiro atoms. The van der Waals surface area contributed by atoms with E-state index < -0.39 is 41.3 Å². The number of nitrogens with zero attached hydrogens (tertiary/aromatic N) is 2. The van der Waals surface area contributed by atoms with Gasteiger partial charge in [-0.1, -0.05) is 29.8 Å². The van der Waals surface area contributed by atoms with Crippen LogP contribution in [0, 0.1) is 12.3 Å². The van der Waals surface area contributed by atoms with Crippen LogP contribution < -0.4 is 0 Å². The Labute approximate surface area is 175 Å². The van der Waals surface area contributed by atoms with Crippen LogP contribution in [0.2, 0.25) is 0 Å². The van der Waals surface area contributed by atoms with Gasteiger partial charge in [-0.15, -0.1) is 0 Å². The minimum atomic E-state index is -4.56. The summed E-state index contributed by atoms with van der Waals surface area (Å²) in [7, 11) is 0. The van der Waals surface area contributed by atoms with Crippen molar-refractivity contribution in [3.8, 4) is 0 Å². The highest BCUT2D eigenvalue weighted by atomic mass is 19.4. The van der Waals surface area contributed by atoms with Gasteiger partial charge in [-0.3, -0.25) is 9.69 Å². The summed E-state index contributed by atoms with van der Waals surface area (Å²) in [6.07, 6.45) is -5.46. The summed E-state index contributed by atoms with van der Waals surface area (Å²) in [6.45, 7) is 8.98. The third-order valence-corrected chi connectivity index (χ3v) is 5.79. The number of halogens is 3. The second-order valence-corrected chi connectivity index (χ2v) is 9.45. The molecule has 0 unspecified atom stereocenters. The van der Waals surface area contributed by atoms with Gasteiger partial charge in [0, 0.05) is 19.1 Å². The Morgan fingerprint density at radius 2 is 1.60 bits per heavy atom. The Morgan fingerprint density at radius 3 is 2.07 bits per heavy atom. The van der Waals surface area contributed by atoms with E-state index in [1.165, 1.54) is 9.80 Å². The molecule has 0 N–H and O–H groups in total. The van der Waals surface area contributed by atoms with Gasteiger partial charge in [-0.25, -0.2) is 4.79 Å². The van der Waals surface area contributed by atoms with Crippen molar-refractivity contribution in [1.29, 1.82) is 0 Å². The SMILES string of the molecule is Cc1ccc([C@H]2CN(C(=O)C3(C(F)(F)F)CC3)[C@H](C)CN2C(=O)OC(C)(C)C)cc1. The van der Waals surface area contributed by atoms with Crippen molar-refractivity contribution in [1.82, 2.24) is 9.80 Å². The molecule has 0 aromatic heterocycles. The smallest absolute Gasteiger partial charge is 0.410 e. The normalized spacial score (nSPS) is 23.9. The van der Waals surface area contributed by atoms with Crippen LogP contribution in [0.3, 0.4) is 0 Å². The monoisotopic (exact) mass is 426 g/mol. The van der Waals surface area contributed by atoms with E-state index in [0.717, 1.165) is 11.1 Å². The molecule has 0 bridgehead atoms. The molecule has 1 heterocycles. The van der Waals surface area contributed by atoms with E-state index >= 15 is 0 Å². The predicted octanol–water partition coefficient (Wildman–Crippen LogP) is 4.85.